The summed E-state index contributed by atoms with van der Waals surface area (Å²) in [6.45, 7) is 5.46. The van der Waals surface area contributed by atoms with Crippen LogP contribution in [0.4, 0.5) is 5.95 Å². The van der Waals surface area contributed by atoms with Crippen LogP contribution in [0.3, 0.4) is 0 Å². The fourth-order valence-electron chi connectivity index (χ4n) is 8.49. The Bertz CT molecular complexity index is 963. The van der Waals surface area contributed by atoms with Crippen molar-refractivity contribution in [2.45, 2.75) is 77.2 Å². The van der Waals surface area contributed by atoms with Gasteiger partial charge in [0.2, 0.25) is 11.9 Å². The lowest BCUT2D eigenvalue weighted by atomic mass is 9.49. The molecule has 1 amide bonds. The summed E-state index contributed by atoms with van der Waals surface area (Å²) in [5.41, 5.74) is -0.372. The number of carbonyl (C=O) groups excluding carboxylic acids is 1. The second kappa shape index (κ2) is 9.20. The Morgan fingerprint density at radius 1 is 1.21 bits per heavy atom. The second-order valence-corrected chi connectivity index (χ2v) is 11.6. The van der Waals surface area contributed by atoms with Crippen molar-refractivity contribution in [1.82, 2.24) is 9.97 Å². The summed E-state index contributed by atoms with van der Waals surface area (Å²) in [4.78, 5) is 21.6. The number of nitriles is 1. The molecule has 34 heavy (non-hydrogen) atoms. The minimum Gasteiger partial charge on any atom is -0.387 e. The molecule has 1 heterocycles. The highest BCUT2D eigenvalue weighted by Gasteiger charge is 2.59. The summed E-state index contributed by atoms with van der Waals surface area (Å²) in [7, 11) is 0. The summed E-state index contributed by atoms with van der Waals surface area (Å²) in [5.74, 6) is 3.51. The van der Waals surface area contributed by atoms with Gasteiger partial charge in [-0.25, -0.2) is 9.97 Å². The molecule has 184 valence electrons. The molecule has 8 unspecified atom stereocenters. The van der Waals surface area contributed by atoms with E-state index in [1.54, 1.807) is 6.07 Å². The first-order chi connectivity index (χ1) is 16.4. The van der Waals surface area contributed by atoms with Gasteiger partial charge >= 0.3 is 0 Å². The number of anilines is 1. The van der Waals surface area contributed by atoms with E-state index in [0.717, 1.165) is 44.4 Å². The molecule has 0 radical (unpaired) electrons. The largest absolute Gasteiger partial charge is 0.387 e. The van der Waals surface area contributed by atoms with Crippen LogP contribution >= 0.6 is 0 Å². The van der Waals surface area contributed by atoms with Crippen LogP contribution < -0.4 is 5.32 Å². The van der Waals surface area contributed by atoms with E-state index in [4.69, 9.17) is 10.00 Å². The monoisotopic (exact) mass is 466 g/mol. The van der Waals surface area contributed by atoms with Gasteiger partial charge in [0.1, 0.15) is 11.8 Å². The van der Waals surface area contributed by atoms with Crippen LogP contribution in [0.1, 0.15) is 77.3 Å². The number of hydrogen-bond donors (Lipinski definition) is 2. The quantitative estimate of drug-likeness (QED) is 0.669. The Balaban J connectivity index is 1.27. The number of ether oxygens (including phenoxy) is 1. The maximum Gasteiger partial charge on any atom is 0.230 e. The molecular formula is C27H38N4O3. The number of hydrogen-bond acceptors (Lipinski definition) is 6. The Morgan fingerprint density at radius 2 is 2.03 bits per heavy atom. The first kappa shape index (κ1) is 23.7. The summed E-state index contributed by atoms with van der Waals surface area (Å²) < 4.78 is 5.61. The van der Waals surface area contributed by atoms with Gasteiger partial charge in [-0.05, 0) is 106 Å². The zero-order chi connectivity index (χ0) is 23.9. The van der Waals surface area contributed by atoms with E-state index < -0.39 is 5.60 Å². The van der Waals surface area contributed by atoms with E-state index in [0.29, 0.717) is 36.9 Å². The molecule has 0 bridgehead atoms. The first-order valence-corrected chi connectivity index (χ1v) is 13.2. The lowest BCUT2D eigenvalue weighted by Gasteiger charge is -2.57. The molecule has 2 N–H and O–H groups in total. The van der Waals surface area contributed by atoms with Crippen LogP contribution in [0.2, 0.25) is 0 Å². The second-order valence-electron chi connectivity index (χ2n) is 11.6. The highest BCUT2D eigenvalue weighted by molar-refractivity contribution is 5.91. The molecule has 0 aromatic carbocycles. The summed E-state index contributed by atoms with van der Waals surface area (Å²) in [6, 6.07) is 3.55. The average molecular weight is 467 g/mol. The van der Waals surface area contributed by atoms with E-state index in [1.807, 2.05) is 13.0 Å². The topological polar surface area (TPSA) is 108 Å². The van der Waals surface area contributed by atoms with E-state index >= 15 is 0 Å². The van der Waals surface area contributed by atoms with Crippen LogP contribution in [0.15, 0.2) is 12.3 Å². The molecule has 4 aliphatic carbocycles. The third kappa shape index (κ3) is 4.13. The molecule has 1 aromatic heterocycles. The number of nitrogens with zero attached hydrogens (tertiary/aromatic N) is 3. The van der Waals surface area contributed by atoms with E-state index in [1.165, 1.54) is 25.5 Å². The van der Waals surface area contributed by atoms with Crippen molar-refractivity contribution in [2.24, 2.45) is 40.9 Å². The van der Waals surface area contributed by atoms with Crippen LogP contribution in [0.5, 0.6) is 0 Å². The normalized spacial score (nSPS) is 41.0. The van der Waals surface area contributed by atoms with Gasteiger partial charge in [0.05, 0.1) is 12.2 Å². The molecule has 5 rings (SSSR count). The van der Waals surface area contributed by atoms with Gasteiger partial charge in [-0.3, -0.25) is 10.1 Å². The van der Waals surface area contributed by atoms with Crippen molar-refractivity contribution in [3.05, 3.63) is 18.0 Å². The number of aliphatic hydroxyl groups is 1. The van der Waals surface area contributed by atoms with Gasteiger partial charge in [0.25, 0.3) is 0 Å². The molecule has 4 saturated carbocycles. The highest BCUT2D eigenvalue weighted by atomic mass is 16.5. The van der Waals surface area contributed by atoms with Crippen molar-refractivity contribution in [3.63, 3.8) is 0 Å². The summed E-state index contributed by atoms with van der Waals surface area (Å²) in [6.07, 6.45) is 11.1. The summed E-state index contributed by atoms with van der Waals surface area (Å²) >= 11 is 0. The van der Waals surface area contributed by atoms with Crippen molar-refractivity contribution >= 4 is 11.9 Å². The number of nitrogens with one attached hydrogen (secondary N) is 1. The van der Waals surface area contributed by atoms with Gasteiger partial charge < -0.3 is 9.84 Å². The van der Waals surface area contributed by atoms with E-state index in [9.17, 15) is 9.90 Å². The number of carbonyl (C=O) groups is 1. The minimum atomic E-state index is -0.644. The Labute approximate surface area is 202 Å². The molecular weight excluding hydrogens is 428 g/mol. The molecule has 7 heteroatoms. The number of aromatic nitrogens is 2. The fraction of sp³-hybridized carbons (Fsp3) is 0.778. The minimum absolute atomic E-state index is 0.00544. The highest BCUT2D eigenvalue weighted by Crippen LogP contribution is 2.64. The number of rotatable bonds is 5. The third-order valence-corrected chi connectivity index (χ3v) is 10.0. The van der Waals surface area contributed by atoms with Gasteiger partial charge in [-0.2, -0.15) is 5.26 Å². The maximum atomic E-state index is 13.3. The zero-order valence-electron chi connectivity index (χ0n) is 20.5. The smallest absolute Gasteiger partial charge is 0.230 e. The van der Waals surface area contributed by atoms with Crippen molar-refractivity contribution < 1.29 is 14.6 Å². The van der Waals surface area contributed by atoms with Crippen LogP contribution in [-0.2, 0) is 9.53 Å². The number of amides is 1. The van der Waals surface area contributed by atoms with Gasteiger partial charge in [0.15, 0.2) is 0 Å². The SMILES string of the molecule is CCOCC1(O)CCC2C(CCC3C2CCC2(C)C(C(=O)Nc4nccc(C#N)n4)CCC32)C1. The van der Waals surface area contributed by atoms with Gasteiger partial charge in [-0.1, -0.05) is 6.92 Å². The third-order valence-electron chi connectivity index (χ3n) is 10.0. The van der Waals surface area contributed by atoms with Crippen LogP contribution in [0, 0.1) is 52.3 Å². The van der Waals surface area contributed by atoms with E-state index in [2.05, 4.69) is 22.2 Å². The average Bonchev–Trinajstić information content (AvgIpc) is 3.20. The fourth-order valence-corrected chi connectivity index (χ4v) is 8.49. The van der Waals surface area contributed by atoms with Gasteiger partial charge in [0, 0.05) is 18.7 Å². The van der Waals surface area contributed by atoms with Gasteiger partial charge in [-0.15, -0.1) is 0 Å². The lowest BCUT2D eigenvalue weighted by Crippen LogP contribution is -2.52. The Hall–Kier alpha value is -2.04. The zero-order valence-corrected chi connectivity index (χ0v) is 20.5. The van der Waals surface area contributed by atoms with Crippen LogP contribution in [0.25, 0.3) is 0 Å². The van der Waals surface area contributed by atoms with Crippen molar-refractivity contribution in [3.8, 4) is 6.07 Å². The molecule has 0 saturated heterocycles. The molecule has 4 fully saturated rings. The number of fused-ring (bicyclic) bond motifs is 5. The first-order valence-electron chi connectivity index (χ1n) is 13.2. The van der Waals surface area contributed by atoms with Crippen LogP contribution in [-0.4, -0.2) is 39.8 Å². The lowest BCUT2D eigenvalue weighted by molar-refractivity contribution is -0.135. The molecule has 1 aromatic rings. The molecule has 7 nitrogen and oxygen atoms in total. The molecule has 0 spiro atoms. The Morgan fingerprint density at radius 3 is 2.82 bits per heavy atom. The van der Waals surface area contributed by atoms with Crippen molar-refractivity contribution in [1.29, 1.82) is 5.26 Å². The molecule has 4 aliphatic rings. The predicted molar refractivity (Wildman–Crippen MR) is 127 cm³/mol. The Kier molecular flexibility index (Phi) is 6.41. The summed E-state index contributed by atoms with van der Waals surface area (Å²) in [5, 5.41) is 23.1. The molecule has 0 aliphatic heterocycles. The van der Waals surface area contributed by atoms with Crippen molar-refractivity contribution in [2.75, 3.05) is 18.5 Å². The maximum absolute atomic E-state index is 13.3. The standard InChI is InChI=1S/C27H38N4O3/c1-3-34-16-27(33)12-9-19-17(14-27)4-5-21-20(19)8-11-26(2)22(21)6-7-23(26)24(32)31-25-29-13-10-18(15-28)30-25/h10,13,17,19-23,33H,3-9,11-12,14,16H2,1-2H3,(H,29,30,31,32). The molecule has 8 atom stereocenters. The predicted octanol–water partition coefficient (Wildman–Crippen LogP) is 4.32. The van der Waals surface area contributed by atoms with E-state index in [-0.39, 0.29) is 28.9 Å².